The van der Waals surface area contributed by atoms with Gasteiger partial charge in [-0.25, -0.2) is 4.98 Å². The van der Waals surface area contributed by atoms with Gasteiger partial charge in [-0.05, 0) is 52.9 Å². The second kappa shape index (κ2) is 5.70. The van der Waals surface area contributed by atoms with E-state index in [0.29, 0.717) is 6.04 Å². The maximum Gasteiger partial charge on any atom is 0.113 e. The van der Waals surface area contributed by atoms with Gasteiger partial charge in [-0.2, -0.15) is 0 Å². The Bertz CT molecular complexity index is 374. The molecule has 2 nitrogen and oxygen atoms in total. The van der Waals surface area contributed by atoms with Gasteiger partial charge in [0.25, 0.3) is 0 Å². The topological polar surface area (TPSA) is 24.9 Å². The van der Waals surface area contributed by atoms with Gasteiger partial charge in [0.05, 0.1) is 11.2 Å². The van der Waals surface area contributed by atoms with Crippen molar-refractivity contribution in [2.24, 2.45) is 0 Å². The lowest BCUT2D eigenvalue weighted by Gasteiger charge is -2.31. The van der Waals surface area contributed by atoms with Crippen molar-refractivity contribution in [2.75, 3.05) is 0 Å². The Hall–Kier alpha value is -0.410. The minimum absolute atomic E-state index is 0.0604. The quantitative estimate of drug-likeness (QED) is 0.870. The third-order valence-corrected chi connectivity index (χ3v) is 5.10. The van der Waals surface area contributed by atoms with Gasteiger partial charge in [-0.1, -0.05) is 13.3 Å². The Balaban J connectivity index is 2.27. The first-order valence-electron chi connectivity index (χ1n) is 7.32. The molecule has 0 amide bonds. The zero-order valence-electron chi connectivity index (χ0n) is 12.2. The molecule has 1 aliphatic rings. The second-order valence-electron chi connectivity index (χ2n) is 5.98. The van der Waals surface area contributed by atoms with E-state index in [1.165, 1.54) is 42.8 Å². The van der Waals surface area contributed by atoms with Crippen LogP contribution in [0.4, 0.5) is 0 Å². The van der Waals surface area contributed by atoms with Gasteiger partial charge >= 0.3 is 0 Å². The lowest BCUT2D eigenvalue weighted by Crippen LogP contribution is -2.43. The summed E-state index contributed by atoms with van der Waals surface area (Å²) >= 11 is 1.95. The molecule has 1 atom stereocenters. The van der Waals surface area contributed by atoms with Gasteiger partial charge in [-0.3, -0.25) is 0 Å². The molecular weight excluding hydrogens is 240 g/mol. The Labute approximate surface area is 115 Å². The fourth-order valence-corrected chi connectivity index (χ4v) is 4.25. The van der Waals surface area contributed by atoms with Gasteiger partial charge < -0.3 is 5.32 Å². The van der Waals surface area contributed by atoms with Crippen LogP contribution in [0.1, 0.15) is 69.0 Å². The number of rotatable bonds is 5. The summed E-state index contributed by atoms with van der Waals surface area (Å²) in [6.07, 6.45) is 7.46. The van der Waals surface area contributed by atoms with Crippen LogP contribution in [-0.4, -0.2) is 11.0 Å². The van der Waals surface area contributed by atoms with E-state index in [0.717, 1.165) is 6.42 Å². The number of fused-ring (bicyclic) bond motifs is 1. The highest BCUT2D eigenvalue weighted by Crippen LogP contribution is 2.35. The molecule has 0 fully saturated rings. The van der Waals surface area contributed by atoms with Crippen LogP contribution in [0.5, 0.6) is 0 Å². The van der Waals surface area contributed by atoms with Crippen molar-refractivity contribution in [3.05, 3.63) is 15.6 Å². The molecule has 0 radical (unpaired) electrons. The van der Waals surface area contributed by atoms with E-state index in [2.05, 4.69) is 33.0 Å². The van der Waals surface area contributed by atoms with Crippen LogP contribution in [0.15, 0.2) is 0 Å². The van der Waals surface area contributed by atoms with Crippen molar-refractivity contribution in [1.29, 1.82) is 0 Å². The highest BCUT2D eigenvalue weighted by molar-refractivity contribution is 7.11. The van der Waals surface area contributed by atoms with Gasteiger partial charge in [-0.15, -0.1) is 11.3 Å². The predicted octanol–water partition coefficient (Wildman–Crippen LogP) is 4.04. The molecular formula is C15H26N2S. The van der Waals surface area contributed by atoms with Crippen molar-refractivity contribution < 1.29 is 0 Å². The smallest absolute Gasteiger partial charge is 0.113 e. The molecule has 1 heterocycles. The maximum atomic E-state index is 4.95. The first kappa shape index (κ1) is 14.0. The first-order chi connectivity index (χ1) is 8.55. The summed E-state index contributed by atoms with van der Waals surface area (Å²) in [5.41, 5.74) is 1.44. The number of aryl methyl sites for hydroxylation is 2. The molecule has 2 rings (SSSR count). The molecule has 0 saturated heterocycles. The molecule has 1 aliphatic carbocycles. The lowest BCUT2D eigenvalue weighted by atomic mass is 9.95. The molecule has 0 bridgehead atoms. The Kier molecular flexibility index (Phi) is 4.44. The third kappa shape index (κ3) is 2.94. The zero-order valence-corrected chi connectivity index (χ0v) is 13.0. The van der Waals surface area contributed by atoms with Crippen molar-refractivity contribution in [1.82, 2.24) is 10.3 Å². The van der Waals surface area contributed by atoms with E-state index in [1.807, 2.05) is 11.3 Å². The van der Waals surface area contributed by atoms with Gasteiger partial charge in [0.2, 0.25) is 0 Å². The molecule has 0 spiro atoms. The Morgan fingerprint density at radius 1 is 1.33 bits per heavy atom. The molecule has 0 aromatic carbocycles. The summed E-state index contributed by atoms with van der Waals surface area (Å²) in [5.74, 6) is 0. The van der Waals surface area contributed by atoms with Crippen molar-refractivity contribution in [2.45, 2.75) is 77.8 Å². The lowest BCUT2D eigenvalue weighted by molar-refractivity contribution is 0.307. The number of hydrogen-bond acceptors (Lipinski definition) is 3. The first-order valence-corrected chi connectivity index (χ1v) is 8.13. The van der Waals surface area contributed by atoms with Crippen LogP contribution >= 0.6 is 11.3 Å². The minimum Gasteiger partial charge on any atom is -0.303 e. The average molecular weight is 266 g/mol. The molecule has 18 heavy (non-hydrogen) atoms. The Morgan fingerprint density at radius 2 is 2.06 bits per heavy atom. The van der Waals surface area contributed by atoms with Crippen LogP contribution < -0.4 is 5.32 Å². The molecule has 1 N–H and O–H groups in total. The molecule has 0 aliphatic heterocycles. The summed E-state index contributed by atoms with van der Waals surface area (Å²) < 4.78 is 0. The van der Waals surface area contributed by atoms with E-state index in [4.69, 9.17) is 4.98 Å². The van der Waals surface area contributed by atoms with E-state index in [1.54, 1.807) is 4.88 Å². The largest absolute Gasteiger partial charge is 0.303 e. The SMILES string of the molecule is CCCC(C)(NC(C)C)c1nc2c(s1)CCCC2. The van der Waals surface area contributed by atoms with Gasteiger partial charge in [0.15, 0.2) is 0 Å². The van der Waals surface area contributed by atoms with Crippen LogP contribution in [0, 0.1) is 0 Å². The molecule has 1 unspecified atom stereocenters. The van der Waals surface area contributed by atoms with Crippen molar-refractivity contribution in [3.8, 4) is 0 Å². The summed E-state index contributed by atoms with van der Waals surface area (Å²) in [4.78, 5) is 6.50. The van der Waals surface area contributed by atoms with Gasteiger partial charge in [0.1, 0.15) is 5.01 Å². The average Bonchev–Trinajstić information content (AvgIpc) is 2.72. The predicted molar refractivity (Wildman–Crippen MR) is 79.3 cm³/mol. The fourth-order valence-electron chi connectivity index (χ4n) is 2.97. The fraction of sp³-hybridized carbons (Fsp3) is 0.800. The maximum absolute atomic E-state index is 4.95. The molecule has 0 saturated carbocycles. The normalized spacial score (nSPS) is 18.7. The minimum atomic E-state index is 0.0604. The molecule has 1 aromatic rings. The molecule has 102 valence electrons. The monoisotopic (exact) mass is 266 g/mol. The van der Waals surface area contributed by atoms with E-state index in [-0.39, 0.29) is 5.54 Å². The number of nitrogens with zero attached hydrogens (tertiary/aromatic N) is 1. The summed E-state index contributed by atoms with van der Waals surface area (Å²) in [7, 11) is 0. The summed E-state index contributed by atoms with van der Waals surface area (Å²) in [6.45, 7) is 9.03. The van der Waals surface area contributed by atoms with E-state index in [9.17, 15) is 0 Å². The van der Waals surface area contributed by atoms with Crippen LogP contribution in [-0.2, 0) is 18.4 Å². The Morgan fingerprint density at radius 3 is 2.67 bits per heavy atom. The van der Waals surface area contributed by atoms with Crippen molar-refractivity contribution >= 4 is 11.3 Å². The number of aromatic nitrogens is 1. The zero-order chi connectivity index (χ0) is 13.2. The van der Waals surface area contributed by atoms with Gasteiger partial charge in [0, 0.05) is 10.9 Å². The van der Waals surface area contributed by atoms with E-state index < -0.39 is 0 Å². The number of thiazole rings is 1. The van der Waals surface area contributed by atoms with Crippen LogP contribution in [0.3, 0.4) is 0 Å². The number of hydrogen-bond donors (Lipinski definition) is 1. The van der Waals surface area contributed by atoms with Crippen molar-refractivity contribution in [3.63, 3.8) is 0 Å². The molecule has 3 heteroatoms. The van der Waals surface area contributed by atoms with E-state index >= 15 is 0 Å². The third-order valence-electron chi connectivity index (χ3n) is 3.67. The van der Waals surface area contributed by atoms with Crippen LogP contribution in [0.2, 0.25) is 0 Å². The highest BCUT2D eigenvalue weighted by atomic mass is 32.1. The standard InChI is InChI=1S/C15H26N2S/c1-5-10-15(4,17-11(2)3)14-16-12-8-6-7-9-13(12)18-14/h11,17H,5-10H2,1-4H3. The summed E-state index contributed by atoms with van der Waals surface area (Å²) in [5, 5.41) is 5.04. The number of nitrogens with one attached hydrogen (secondary N) is 1. The second-order valence-corrected chi connectivity index (χ2v) is 7.06. The van der Waals surface area contributed by atoms with Crippen LogP contribution in [0.25, 0.3) is 0 Å². The summed E-state index contributed by atoms with van der Waals surface area (Å²) in [6, 6.07) is 0.502. The molecule has 1 aromatic heterocycles. The highest BCUT2D eigenvalue weighted by Gasteiger charge is 2.31.